The Bertz CT molecular complexity index is 648. The molecule has 2 nitrogen and oxygen atoms in total. The Morgan fingerprint density at radius 3 is 2.67 bits per heavy atom. The van der Waals surface area contributed by atoms with Crippen molar-refractivity contribution in [2.24, 2.45) is 0 Å². The van der Waals surface area contributed by atoms with Gasteiger partial charge in [0, 0.05) is 6.04 Å². The van der Waals surface area contributed by atoms with Crippen molar-refractivity contribution in [3.63, 3.8) is 0 Å². The van der Waals surface area contributed by atoms with Gasteiger partial charge in [0.05, 0.1) is 12.8 Å². The minimum Gasteiger partial charge on any atom is -0.495 e. The summed E-state index contributed by atoms with van der Waals surface area (Å²) in [6.45, 7) is 4.31. The number of anilines is 1. The third kappa shape index (κ3) is 2.90. The number of benzene rings is 2. The first-order valence-electron chi connectivity index (χ1n) is 7.70. The zero-order chi connectivity index (χ0) is 14.8. The van der Waals surface area contributed by atoms with Gasteiger partial charge in [0.25, 0.3) is 0 Å². The van der Waals surface area contributed by atoms with Crippen LogP contribution in [-0.2, 0) is 12.8 Å². The molecule has 21 heavy (non-hydrogen) atoms. The number of hydrogen-bond acceptors (Lipinski definition) is 2. The predicted octanol–water partition coefficient (Wildman–Crippen LogP) is 4.67. The maximum Gasteiger partial charge on any atom is 0.141 e. The quantitative estimate of drug-likeness (QED) is 0.879. The van der Waals surface area contributed by atoms with E-state index in [1.54, 1.807) is 7.11 Å². The molecule has 1 aliphatic rings. The highest BCUT2D eigenvalue weighted by atomic mass is 16.5. The van der Waals surface area contributed by atoms with Gasteiger partial charge in [-0.2, -0.15) is 0 Å². The molecule has 0 aliphatic heterocycles. The number of fused-ring (bicyclic) bond motifs is 1. The summed E-state index contributed by atoms with van der Waals surface area (Å²) >= 11 is 0. The molecule has 0 saturated heterocycles. The lowest BCUT2D eigenvalue weighted by molar-refractivity contribution is 0.416. The summed E-state index contributed by atoms with van der Waals surface area (Å²) < 4.78 is 5.45. The fraction of sp³-hybridized carbons (Fsp3) is 0.368. The highest BCUT2D eigenvalue weighted by Crippen LogP contribution is 2.31. The van der Waals surface area contributed by atoms with Gasteiger partial charge in [-0.3, -0.25) is 0 Å². The van der Waals surface area contributed by atoms with Gasteiger partial charge in [-0.15, -0.1) is 0 Å². The fourth-order valence-electron chi connectivity index (χ4n) is 3.11. The van der Waals surface area contributed by atoms with E-state index in [2.05, 4.69) is 49.5 Å². The third-order valence-electron chi connectivity index (χ3n) is 4.35. The van der Waals surface area contributed by atoms with E-state index in [4.69, 9.17) is 4.74 Å². The summed E-state index contributed by atoms with van der Waals surface area (Å²) in [5.74, 6) is 0.897. The van der Waals surface area contributed by atoms with Crippen molar-refractivity contribution >= 4 is 5.69 Å². The highest BCUT2D eigenvalue weighted by molar-refractivity contribution is 5.59. The molecule has 0 radical (unpaired) electrons. The summed E-state index contributed by atoms with van der Waals surface area (Å²) in [4.78, 5) is 0. The number of nitrogens with one attached hydrogen (secondary N) is 1. The topological polar surface area (TPSA) is 21.3 Å². The second-order valence-electron chi connectivity index (χ2n) is 5.95. The Morgan fingerprint density at radius 2 is 1.86 bits per heavy atom. The zero-order valence-corrected chi connectivity index (χ0v) is 13.1. The van der Waals surface area contributed by atoms with E-state index in [0.29, 0.717) is 0 Å². The fourth-order valence-corrected chi connectivity index (χ4v) is 3.11. The summed E-state index contributed by atoms with van der Waals surface area (Å²) in [5, 5.41) is 3.58. The molecule has 0 bridgehead atoms. The Kier molecular flexibility index (Phi) is 3.87. The van der Waals surface area contributed by atoms with Gasteiger partial charge >= 0.3 is 0 Å². The normalized spacial score (nSPS) is 14.6. The number of rotatable bonds is 4. The molecular weight excluding hydrogens is 258 g/mol. The number of hydrogen-bond donors (Lipinski definition) is 1. The van der Waals surface area contributed by atoms with E-state index in [9.17, 15) is 0 Å². The van der Waals surface area contributed by atoms with Crippen LogP contribution in [0, 0.1) is 6.92 Å². The molecule has 1 atom stereocenters. The van der Waals surface area contributed by atoms with E-state index < -0.39 is 0 Å². The van der Waals surface area contributed by atoms with Crippen LogP contribution in [0.5, 0.6) is 5.75 Å². The van der Waals surface area contributed by atoms with Crippen LogP contribution in [0.1, 0.15) is 41.6 Å². The standard InChI is InChI=1S/C19H23NO/c1-13-7-10-19(21-3)18(11-13)20-14(2)16-9-8-15-5-4-6-17(15)12-16/h7-12,14,20H,4-6H2,1-3H3. The molecule has 0 heterocycles. The monoisotopic (exact) mass is 281 g/mol. The van der Waals surface area contributed by atoms with Crippen LogP contribution in [0.25, 0.3) is 0 Å². The van der Waals surface area contributed by atoms with Gasteiger partial charge in [-0.05, 0) is 67.5 Å². The molecule has 1 N–H and O–H groups in total. The van der Waals surface area contributed by atoms with E-state index in [1.165, 1.54) is 41.5 Å². The van der Waals surface area contributed by atoms with Crippen molar-refractivity contribution in [2.45, 2.75) is 39.2 Å². The molecule has 2 heteroatoms. The summed E-state index contributed by atoms with van der Waals surface area (Å²) in [6, 6.07) is 13.4. The first kappa shape index (κ1) is 14.0. The van der Waals surface area contributed by atoms with Gasteiger partial charge < -0.3 is 10.1 Å². The third-order valence-corrected chi connectivity index (χ3v) is 4.35. The summed E-state index contributed by atoms with van der Waals surface area (Å²) in [6.07, 6.45) is 3.76. The van der Waals surface area contributed by atoms with Crippen molar-refractivity contribution in [1.29, 1.82) is 0 Å². The van der Waals surface area contributed by atoms with Crippen LogP contribution < -0.4 is 10.1 Å². The van der Waals surface area contributed by atoms with Gasteiger partial charge in [0.2, 0.25) is 0 Å². The van der Waals surface area contributed by atoms with Crippen LogP contribution in [0.4, 0.5) is 5.69 Å². The lowest BCUT2D eigenvalue weighted by Crippen LogP contribution is -2.08. The second-order valence-corrected chi connectivity index (χ2v) is 5.95. The molecule has 0 fully saturated rings. The molecule has 3 rings (SSSR count). The molecule has 110 valence electrons. The SMILES string of the molecule is COc1ccc(C)cc1NC(C)c1ccc2c(c1)CCC2. The second kappa shape index (κ2) is 5.80. The molecular formula is C19H23NO. The van der Waals surface area contributed by atoms with Gasteiger partial charge in [-0.25, -0.2) is 0 Å². The zero-order valence-electron chi connectivity index (χ0n) is 13.1. The van der Waals surface area contributed by atoms with Crippen LogP contribution in [0.2, 0.25) is 0 Å². The Balaban J connectivity index is 1.83. The van der Waals surface area contributed by atoms with Gasteiger partial charge in [0.15, 0.2) is 0 Å². The number of ether oxygens (including phenoxy) is 1. The lowest BCUT2D eigenvalue weighted by atomic mass is 10.0. The van der Waals surface area contributed by atoms with E-state index in [0.717, 1.165) is 11.4 Å². The number of aryl methyl sites for hydroxylation is 3. The average molecular weight is 281 g/mol. The molecule has 1 aliphatic carbocycles. The molecule has 0 saturated carbocycles. The van der Waals surface area contributed by atoms with Crippen molar-refractivity contribution < 1.29 is 4.74 Å². The maximum atomic E-state index is 5.45. The van der Waals surface area contributed by atoms with Gasteiger partial charge in [0.1, 0.15) is 5.75 Å². The van der Waals surface area contributed by atoms with Crippen molar-refractivity contribution in [2.75, 3.05) is 12.4 Å². The van der Waals surface area contributed by atoms with E-state index >= 15 is 0 Å². The molecule has 0 spiro atoms. The van der Waals surface area contributed by atoms with Crippen molar-refractivity contribution in [1.82, 2.24) is 0 Å². The summed E-state index contributed by atoms with van der Waals surface area (Å²) in [5.41, 5.74) is 6.70. The number of methoxy groups -OCH3 is 1. The molecule has 0 amide bonds. The Morgan fingerprint density at radius 1 is 1.05 bits per heavy atom. The minimum absolute atomic E-state index is 0.270. The van der Waals surface area contributed by atoms with Crippen LogP contribution in [-0.4, -0.2) is 7.11 Å². The lowest BCUT2D eigenvalue weighted by Gasteiger charge is -2.19. The van der Waals surface area contributed by atoms with E-state index in [1.807, 2.05) is 6.07 Å². The molecule has 2 aromatic carbocycles. The first-order chi connectivity index (χ1) is 10.2. The Labute approximate surface area is 127 Å². The molecule has 1 unspecified atom stereocenters. The average Bonchev–Trinajstić information content (AvgIpc) is 2.94. The van der Waals surface area contributed by atoms with Crippen molar-refractivity contribution in [3.8, 4) is 5.75 Å². The van der Waals surface area contributed by atoms with Crippen molar-refractivity contribution in [3.05, 3.63) is 58.7 Å². The first-order valence-corrected chi connectivity index (χ1v) is 7.70. The van der Waals surface area contributed by atoms with Crippen LogP contribution in [0.15, 0.2) is 36.4 Å². The molecule has 2 aromatic rings. The predicted molar refractivity (Wildman–Crippen MR) is 88.2 cm³/mol. The van der Waals surface area contributed by atoms with Crippen LogP contribution in [0.3, 0.4) is 0 Å². The minimum atomic E-state index is 0.270. The largest absolute Gasteiger partial charge is 0.495 e. The van der Waals surface area contributed by atoms with E-state index in [-0.39, 0.29) is 6.04 Å². The maximum absolute atomic E-state index is 5.45. The Hall–Kier alpha value is -1.96. The highest BCUT2D eigenvalue weighted by Gasteiger charge is 2.14. The summed E-state index contributed by atoms with van der Waals surface area (Å²) in [7, 11) is 1.72. The van der Waals surface area contributed by atoms with Crippen LogP contribution >= 0.6 is 0 Å². The smallest absolute Gasteiger partial charge is 0.141 e. The molecule has 0 aromatic heterocycles. The van der Waals surface area contributed by atoms with Gasteiger partial charge in [-0.1, -0.05) is 24.3 Å².